The van der Waals surface area contributed by atoms with E-state index >= 15 is 0 Å². The van der Waals surface area contributed by atoms with Crippen molar-refractivity contribution in [3.05, 3.63) is 41.3 Å². The Morgan fingerprint density at radius 3 is 2.86 bits per heavy atom. The zero-order chi connectivity index (χ0) is 15.5. The van der Waals surface area contributed by atoms with E-state index in [0.717, 1.165) is 54.4 Å². The monoisotopic (exact) mass is 300 g/mol. The lowest BCUT2D eigenvalue weighted by molar-refractivity contribution is 0.236. The largest absolute Gasteiger partial charge is 0.493 e. The quantitative estimate of drug-likeness (QED) is 0.925. The Kier molecular flexibility index (Phi) is 4.11. The molecule has 0 atom stereocenters. The summed E-state index contributed by atoms with van der Waals surface area (Å²) in [7, 11) is 3.32. The van der Waals surface area contributed by atoms with Crippen LogP contribution in [0.2, 0.25) is 0 Å². The molecule has 0 saturated heterocycles. The fraction of sp³-hybridized carbons (Fsp3) is 0.375. The maximum atomic E-state index is 5.92. The zero-order valence-corrected chi connectivity index (χ0v) is 12.9. The molecule has 0 saturated carbocycles. The second kappa shape index (κ2) is 6.19. The van der Waals surface area contributed by atoms with E-state index in [1.807, 2.05) is 12.1 Å². The molecular formula is C16H20N4O2. The summed E-state index contributed by atoms with van der Waals surface area (Å²) in [6.45, 7) is 2.47. The van der Waals surface area contributed by atoms with Gasteiger partial charge >= 0.3 is 0 Å². The number of nitrogen functional groups attached to an aromatic ring is 1. The van der Waals surface area contributed by atoms with Gasteiger partial charge in [0.2, 0.25) is 0 Å². The van der Waals surface area contributed by atoms with Gasteiger partial charge in [-0.05, 0) is 12.5 Å². The molecule has 0 unspecified atom stereocenters. The average molecular weight is 300 g/mol. The van der Waals surface area contributed by atoms with Crippen molar-refractivity contribution in [2.24, 2.45) is 0 Å². The Balaban J connectivity index is 1.81. The van der Waals surface area contributed by atoms with Gasteiger partial charge in [-0.25, -0.2) is 9.97 Å². The predicted octanol–water partition coefficient (Wildman–Crippen LogP) is 1.63. The zero-order valence-electron chi connectivity index (χ0n) is 12.9. The number of fused-ring (bicyclic) bond motifs is 1. The van der Waals surface area contributed by atoms with Gasteiger partial charge in [-0.3, -0.25) is 4.90 Å². The summed E-state index contributed by atoms with van der Waals surface area (Å²) < 4.78 is 10.9. The molecule has 0 amide bonds. The molecule has 3 rings (SSSR count). The van der Waals surface area contributed by atoms with Crippen LogP contribution in [0.3, 0.4) is 0 Å². The molecule has 116 valence electrons. The fourth-order valence-corrected chi connectivity index (χ4v) is 2.89. The first-order valence-electron chi connectivity index (χ1n) is 7.23. The van der Waals surface area contributed by atoms with E-state index in [-0.39, 0.29) is 0 Å². The third kappa shape index (κ3) is 2.69. The number of nitrogens with two attached hydrogens (primary N) is 1. The van der Waals surface area contributed by atoms with Crippen molar-refractivity contribution < 1.29 is 9.47 Å². The standard InChI is InChI=1S/C16H20N4O2/c1-21-14-5-3-4-11(15(14)22-2)8-20-7-6-12-13(9-20)18-10-19-16(12)17/h3-5,10H,6-9H2,1-2H3,(H2,17,18,19). The molecule has 0 spiro atoms. The number of benzene rings is 1. The Morgan fingerprint density at radius 2 is 2.09 bits per heavy atom. The molecule has 2 heterocycles. The molecule has 0 bridgehead atoms. The number of hydrogen-bond acceptors (Lipinski definition) is 6. The number of methoxy groups -OCH3 is 2. The summed E-state index contributed by atoms with van der Waals surface area (Å²) in [5.74, 6) is 2.14. The van der Waals surface area contributed by atoms with Gasteiger partial charge in [0.1, 0.15) is 12.1 Å². The predicted molar refractivity (Wildman–Crippen MR) is 83.8 cm³/mol. The molecule has 1 aliphatic heterocycles. The minimum Gasteiger partial charge on any atom is -0.493 e. The molecule has 2 N–H and O–H groups in total. The fourth-order valence-electron chi connectivity index (χ4n) is 2.89. The molecule has 1 aromatic carbocycles. The summed E-state index contributed by atoms with van der Waals surface area (Å²) in [6, 6.07) is 5.95. The lowest BCUT2D eigenvalue weighted by atomic mass is 10.0. The van der Waals surface area contributed by atoms with E-state index in [9.17, 15) is 0 Å². The highest BCUT2D eigenvalue weighted by atomic mass is 16.5. The van der Waals surface area contributed by atoms with E-state index in [0.29, 0.717) is 5.82 Å². The van der Waals surface area contributed by atoms with Crippen LogP contribution in [0.15, 0.2) is 24.5 Å². The Morgan fingerprint density at radius 1 is 1.23 bits per heavy atom. The molecule has 6 nitrogen and oxygen atoms in total. The number of ether oxygens (including phenoxy) is 2. The lowest BCUT2D eigenvalue weighted by Crippen LogP contribution is -2.31. The SMILES string of the molecule is COc1cccc(CN2CCc3c(N)ncnc3C2)c1OC. The van der Waals surface area contributed by atoms with Crippen LogP contribution in [0.5, 0.6) is 11.5 Å². The molecule has 0 fully saturated rings. The van der Waals surface area contributed by atoms with Crippen LogP contribution in [0.25, 0.3) is 0 Å². The highest BCUT2D eigenvalue weighted by Gasteiger charge is 2.21. The van der Waals surface area contributed by atoms with E-state index in [4.69, 9.17) is 15.2 Å². The first-order valence-corrected chi connectivity index (χ1v) is 7.23. The normalized spacial score (nSPS) is 14.5. The van der Waals surface area contributed by atoms with Gasteiger partial charge in [0.05, 0.1) is 19.9 Å². The smallest absolute Gasteiger partial charge is 0.165 e. The van der Waals surface area contributed by atoms with E-state index in [1.165, 1.54) is 6.33 Å². The number of aromatic nitrogens is 2. The van der Waals surface area contributed by atoms with Crippen LogP contribution in [0.4, 0.5) is 5.82 Å². The Hall–Kier alpha value is -2.34. The molecule has 0 radical (unpaired) electrons. The van der Waals surface area contributed by atoms with Crippen molar-refractivity contribution >= 4 is 5.82 Å². The second-order valence-corrected chi connectivity index (χ2v) is 5.30. The molecule has 1 aromatic heterocycles. The summed E-state index contributed by atoms with van der Waals surface area (Å²) in [5, 5.41) is 0. The van der Waals surface area contributed by atoms with Crippen LogP contribution >= 0.6 is 0 Å². The van der Waals surface area contributed by atoms with E-state index < -0.39 is 0 Å². The highest BCUT2D eigenvalue weighted by Crippen LogP contribution is 2.32. The molecule has 6 heteroatoms. The maximum absolute atomic E-state index is 5.92. The third-order valence-electron chi connectivity index (χ3n) is 4.00. The van der Waals surface area contributed by atoms with Crippen molar-refractivity contribution in [3.63, 3.8) is 0 Å². The Bertz CT molecular complexity index is 675. The minimum atomic E-state index is 0.601. The number of anilines is 1. The second-order valence-electron chi connectivity index (χ2n) is 5.30. The van der Waals surface area contributed by atoms with E-state index in [1.54, 1.807) is 14.2 Å². The van der Waals surface area contributed by atoms with Crippen LogP contribution in [-0.2, 0) is 19.5 Å². The van der Waals surface area contributed by atoms with Crippen LogP contribution in [0.1, 0.15) is 16.8 Å². The summed E-state index contributed by atoms with van der Waals surface area (Å²) in [4.78, 5) is 10.7. The number of para-hydroxylation sites is 1. The van der Waals surface area contributed by atoms with Crippen molar-refractivity contribution in [1.82, 2.24) is 14.9 Å². The van der Waals surface area contributed by atoms with Gasteiger partial charge in [0.15, 0.2) is 11.5 Å². The van der Waals surface area contributed by atoms with Gasteiger partial charge in [-0.2, -0.15) is 0 Å². The lowest BCUT2D eigenvalue weighted by Gasteiger charge is -2.28. The molecular weight excluding hydrogens is 280 g/mol. The number of nitrogens with zero attached hydrogens (tertiary/aromatic N) is 3. The minimum absolute atomic E-state index is 0.601. The molecule has 1 aliphatic rings. The molecule has 0 aliphatic carbocycles. The van der Waals surface area contributed by atoms with Crippen LogP contribution in [0, 0.1) is 0 Å². The van der Waals surface area contributed by atoms with E-state index in [2.05, 4.69) is 20.9 Å². The topological polar surface area (TPSA) is 73.5 Å². The average Bonchev–Trinajstić information content (AvgIpc) is 2.54. The number of rotatable bonds is 4. The van der Waals surface area contributed by atoms with Crippen LogP contribution < -0.4 is 15.2 Å². The summed E-state index contributed by atoms with van der Waals surface area (Å²) in [5.41, 5.74) is 9.12. The van der Waals surface area contributed by atoms with Gasteiger partial charge < -0.3 is 15.2 Å². The third-order valence-corrected chi connectivity index (χ3v) is 4.00. The maximum Gasteiger partial charge on any atom is 0.165 e. The summed E-state index contributed by atoms with van der Waals surface area (Å²) in [6.07, 6.45) is 2.40. The Labute approximate surface area is 129 Å². The van der Waals surface area contributed by atoms with Gasteiger partial charge in [-0.15, -0.1) is 0 Å². The number of hydrogen-bond donors (Lipinski definition) is 1. The van der Waals surface area contributed by atoms with Crippen molar-refractivity contribution in [1.29, 1.82) is 0 Å². The van der Waals surface area contributed by atoms with Crippen molar-refractivity contribution in [2.75, 3.05) is 26.5 Å². The molecule has 22 heavy (non-hydrogen) atoms. The highest BCUT2D eigenvalue weighted by molar-refractivity contribution is 5.47. The van der Waals surface area contributed by atoms with Gasteiger partial charge in [0.25, 0.3) is 0 Å². The van der Waals surface area contributed by atoms with Crippen molar-refractivity contribution in [2.45, 2.75) is 19.5 Å². The van der Waals surface area contributed by atoms with Crippen molar-refractivity contribution in [3.8, 4) is 11.5 Å². The molecule has 2 aromatic rings. The first-order chi connectivity index (χ1) is 10.7. The van der Waals surface area contributed by atoms with Gasteiger partial charge in [-0.1, -0.05) is 12.1 Å². The summed E-state index contributed by atoms with van der Waals surface area (Å²) >= 11 is 0. The first kappa shape index (κ1) is 14.6. The van der Waals surface area contributed by atoms with Crippen LogP contribution in [-0.4, -0.2) is 35.6 Å². The van der Waals surface area contributed by atoms with Gasteiger partial charge in [0, 0.05) is 30.8 Å².